The van der Waals surface area contributed by atoms with Crippen LogP contribution in [-0.2, 0) is 4.79 Å². The zero-order valence-electron chi connectivity index (χ0n) is 13.2. The minimum Gasteiger partial charge on any atom is -0.333 e. The van der Waals surface area contributed by atoms with Gasteiger partial charge < -0.3 is 15.5 Å². The van der Waals surface area contributed by atoms with Crippen LogP contribution in [0.15, 0.2) is 35.5 Å². The van der Waals surface area contributed by atoms with E-state index >= 15 is 0 Å². The van der Waals surface area contributed by atoms with Crippen LogP contribution in [0.25, 0.3) is 0 Å². The maximum Gasteiger partial charge on any atom is 0.319 e. The largest absolute Gasteiger partial charge is 0.333 e. The van der Waals surface area contributed by atoms with Gasteiger partial charge in [-0.15, -0.1) is 0 Å². The number of rotatable bonds is 4. The molecule has 0 fully saturated rings. The summed E-state index contributed by atoms with van der Waals surface area (Å²) in [5.41, 5.74) is 2.20. The van der Waals surface area contributed by atoms with Crippen molar-refractivity contribution in [3.8, 4) is 0 Å². The Morgan fingerprint density at radius 1 is 1.26 bits per heavy atom. The van der Waals surface area contributed by atoms with Gasteiger partial charge in [-0.2, -0.15) is 0 Å². The normalized spacial score (nSPS) is 20.7. The Morgan fingerprint density at radius 3 is 2.61 bits per heavy atom. The van der Waals surface area contributed by atoms with Gasteiger partial charge in [0, 0.05) is 11.6 Å². The van der Waals surface area contributed by atoms with Crippen molar-refractivity contribution < 1.29 is 9.59 Å². The average molecular weight is 334 g/mol. The predicted octanol–water partition coefficient (Wildman–Crippen LogP) is 2.84. The Morgan fingerprint density at radius 2 is 1.96 bits per heavy atom. The molecule has 0 bridgehead atoms. The van der Waals surface area contributed by atoms with Crippen LogP contribution in [0.1, 0.15) is 31.9 Å². The zero-order valence-corrected chi connectivity index (χ0v) is 14.0. The summed E-state index contributed by atoms with van der Waals surface area (Å²) in [5.74, 6) is 0.522. The number of hydrogen-bond donors (Lipinski definition) is 2. The van der Waals surface area contributed by atoms with Gasteiger partial charge in [0.2, 0.25) is 0 Å². The van der Waals surface area contributed by atoms with E-state index in [-0.39, 0.29) is 11.9 Å². The summed E-state index contributed by atoms with van der Waals surface area (Å²) in [6, 6.07) is 6.51. The Hall–Kier alpha value is -2.01. The van der Waals surface area contributed by atoms with E-state index in [9.17, 15) is 9.59 Å². The fourth-order valence-corrected chi connectivity index (χ4v) is 3.05. The second kappa shape index (κ2) is 6.24. The fourth-order valence-electron chi connectivity index (χ4n) is 2.93. The van der Waals surface area contributed by atoms with E-state index in [4.69, 9.17) is 11.6 Å². The maximum absolute atomic E-state index is 12.8. The highest BCUT2D eigenvalue weighted by molar-refractivity contribution is 6.30. The number of carbonyl (C=O) groups is 2. The van der Waals surface area contributed by atoms with Gasteiger partial charge in [-0.1, -0.05) is 37.6 Å². The Bertz CT molecular complexity index is 667. The zero-order chi connectivity index (χ0) is 16.6. The van der Waals surface area contributed by atoms with E-state index in [0.29, 0.717) is 35.3 Å². The highest BCUT2D eigenvalue weighted by Crippen LogP contribution is 2.33. The van der Waals surface area contributed by atoms with Gasteiger partial charge in [0.15, 0.2) is 0 Å². The summed E-state index contributed by atoms with van der Waals surface area (Å²) in [6.45, 7) is 5.44. The first kappa shape index (κ1) is 15.9. The molecular weight excluding hydrogens is 314 g/mol. The molecule has 0 saturated heterocycles. The fraction of sp³-hybridized carbons (Fsp3) is 0.412. The van der Waals surface area contributed by atoms with Crippen molar-refractivity contribution in [2.24, 2.45) is 5.92 Å². The van der Waals surface area contributed by atoms with Crippen molar-refractivity contribution >= 4 is 23.5 Å². The minimum absolute atomic E-state index is 0.00639. The number of hydrogen-bond acceptors (Lipinski definition) is 2. The van der Waals surface area contributed by atoms with Crippen molar-refractivity contribution in [1.82, 2.24) is 15.5 Å². The molecule has 0 radical (unpaired) electrons. The van der Waals surface area contributed by atoms with Crippen molar-refractivity contribution in [3.63, 3.8) is 0 Å². The third kappa shape index (κ3) is 3.20. The molecular formula is C17H20ClN3O2. The first-order valence-electron chi connectivity index (χ1n) is 7.81. The number of nitrogens with zero attached hydrogens (tertiary/aromatic N) is 1. The second-order valence-electron chi connectivity index (χ2n) is 6.38. The molecule has 5 nitrogen and oxygen atoms in total. The Kier molecular flexibility index (Phi) is 4.31. The molecule has 0 unspecified atom stereocenters. The third-order valence-electron chi connectivity index (χ3n) is 4.20. The van der Waals surface area contributed by atoms with E-state index in [1.807, 2.05) is 12.1 Å². The Balaban J connectivity index is 1.87. The summed E-state index contributed by atoms with van der Waals surface area (Å²) in [6.07, 6.45) is 0.944. The lowest BCUT2D eigenvalue weighted by molar-refractivity contribution is -0.125. The van der Waals surface area contributed by atoms with Crippen molar-refractivity contribution in [1.29, 1.82) is 0 Å². The Labute approximate surface area is 140 Å². The van der Waals surface area contributed by atoms with Crippen LogP contribution in [-0.4, -0.2) is 29.9 Å². The molecule has 0 aliphatic carbocycles. The van der Waals surface area contributed by atoms with Gasteiger partial charge in [0.25, 0.3) is 5.91 Å². The molecule has 0 spiro atoms. The molecule has 1 atom stereocenters. The van der Waals surface area contributed by atoms with Crippen LogP contribution in [0, 0.1) is 5.92 Å². The topological polar surface area (TPSA) is 61.4 Å². The standard InChI is InChI=1S/C17H20ClN3O2/c1-10(2)7-8-21-9-13-14(16(21)22)15(20-17(23)19-13)11-3-5-12(18)6-4-11/h3-6,10,15H,7-9H2,1-2H3,(H2,19,20,23)/t15-/m0/s1. The van der Waals surface area contributed by atoms with Crippen LogP contribution in [0.3, 0.4) is 0 Å². The minimum atomic E-state index is -0.424. The van der Waals surface area contributed by atoms with Crippen molar-refractivity contribution in [2.45, 2.75) is 26.3 Å². The van der Waals surface area contributed by atoms with Crippen LogP contribution >= 0.6 is 11.6 Å². The highest BCUT2D eigenvalue weighted by Gasteiger charge is 2.40. The first-order chi connectivity index (χ1) is 11.0. The summed E-state index contributed by atoms with van der Waals surface area (Å²) in [7, 11) is 0. The smallest absolute Gasteiger partial charge is 0.319 e. The summed E-state index contributed by atoms with van der Waals surface area (Å²) >= 11 is 5.93. The molecule has 3 rings (SSSR count). The molecule has 0 saturated carbocycles. The molecule has 3 amide bonds. The van der Waals surface area contributed by atoms with E-state index in [2.05, 4.69) is 24.5 Å². The summed E-state index contributed by atoms with van der Waals surface area (Å²) in [4.78, 5) is 26.5. The van der Waals surface area contributed by atoms with E-state index < -0.39 is 6.04 Å². The molecule has 6 heteroatoms. The van der Waals surface area contributed by atoms with Gasteiger partial charge in [0.1, 0.15) is 0 Å². The van der Waals surface area contributed by atoms with Gasteiger partial charge in [-0.25, -0.2) is 4.79 Å². The summed E-state index contributed by atoms with van der Waals surface area (Å²) in [5, 5.41) is 6.24. The number of amides is 3. The quantitative estimate of drug-likeness (QED) is 0.890. The maximum atomic E-state index is 12.8. The monoisotopic (exact) mass is 333 g/mol. The predicted molar refractivity (Wildman–Crippen MR) is 88.9 cm³/mol. The number of urea groups is 1. The molecule has 2 aliphatic rings. The number of carbonyl (C=O) groups excluding carboxylic acids is 2. The molecule has 2 N–H and O–H groups in total. The van der Waals surface area contributed by atoms with Gasteiger partial charge >= 0.3 is 6.03 Å². The third-order valence-corrected chi connectivity index (χ3v) is 4.45. The highest BCUT2D eigenvalue weighted by atomic mass is 35.5. The molecule has 23 heavy (non-hydrogen) atoms. The molecule has 0 aromatic heterocycles. The van der Waals surface area contributed by atoms with Crippen LogP contribution in [0.4, 0.5) is 4.79 Å². The van der Waals surface area contributed by atoms with E-state index in [0.717, 1.165) is 12.0 Å². The van der Waals surface area contributed by atoms with Gasteiger partial charge in [0.05, 0.1) is 23.9 Å². The SMILES string of the molecule is CC(C)CCN1CC2=C(C1=O)[C@H](c1ccc(Cl)cc1)NC(=O)N2. The van der Waals surface area contributed by atoms with Gasteiger partial charge in [-0.3, -0.25) is 4.79 Å². The lowest BCUT2D eigenvalue weighted by atomic mass is 9.96. The van der Waals surface area contributed by atoms with E-state index in [1.54, 1.807) is 17.0 Å². The first-order valence-corrected chi connectivity index (χ1v) is 8.19. The average Bonchev–Trinajstić information content (AvgIpc) is 2.81. The van der Waals surface area contributed by atoms with Crippen LogP contribution in [0.5, 0.6) is 0 Å². The van der Waals surface area contributed by atoms with Crippen LogP contribution < -0.4 is 10.6 Å². The molecule has 2 aliphatic heterocycles. The lowest BCUT2D eigenvalue weighted by Gasteiger charge is -2.25. The lowest BCUT2D eigenvalue weighted by Crippen LogP contribution is -2.44. The van der Waals surface area contributed by atoms with Crippen molar-refractivity contribution in [3.05, 3.63) is 46.1 Å². The molecule has 122 valence electrons. The number of halogens is 1. The summed E-state index contributed by atoms with van der Waals surface area (Å²) < 4.78 is 0. The number of nitrogens with one attached hydrogen (secondary N) is 2. The van der Waals surface area contributed by atoms with Crippen molar-refractivity contribution in [2.75, 3.05) is 13.1 Å². The molecule has 1 aromatic carbocycles. The number of benzene rings is 1. The van der Waals surface area contributed by atoms with E-state index in [1.165, 1.54) is 0 Å². The second-order valence-corrected chi connectivity index (χ2v) is 6.82. The molecule has 1 aromatic rings. The van der Waals surface area contributed by atoms with Gasteiger partial charge in [-0.05, 0) is 30.0 Å². The molecule has 2 heterocycles. The van der Waals surface area contributed by atoms with Crippen LogP contribution in [0.2, 0.25) is 5.02 Å².